The van der Waals surface area contributed by atoms with Gasteiger partial charge in [0.1, 0.15) is 0 Å². The van der Waals surface area contributed by atoms with Crippen molar-refractivity contribution >= 4 is 16.3 Å². The second-order valence-corrected chi connectivity index (χ2v) is 2.94. The number of nitrogens with zero attached hydrogens (tertiary/aromatic N) is 3. The average molecular weight is 193 g/mol. The molecular formula is C5H2F3N3S. The lowest BCUT2D eigenvalue weighted by atomic mass is 10.6. The van der Waals surface area contributed by atoms with Gasteiger partial charge in [-0.25, -0.2) is 4.52 Å². The van der Waals surface area contributed by atoms with Crippen LogP contribution in [0.3, 0.4) is 0 Å². The first-order valence-electron chi connectivity index (χ1n) is 2.94. The van der Waals surface area contributed by atoms with Gasteiger partial charge < -0.3 is 0 Å². The van der Waals surface area contributed by atoms with Crippen molar-refractivity contribution in [2.24, 2.45) is 0 Å². The highest BCUT2D eigenvalue weighted by Crippen LogP contribution is 2.27. The van der Waals surface area contributed by atoms with Crippen LogP contribution in [0.4, 0.5) is 13.2 Å². The number of fused-ring (bicyclic) bond motifs is 1. The van der Waals surface area contributed by atoms with E-state index in [-0.39, 0.29) is 4.96 Å². The van der Waals surface area contributed by atoms with Crippen LogP contribution in [0.2, 0.25) is 0 Å². The lowest BCUT2D eigenvalue weighted by Gasteiger charge is -1.96. The molecule has 0 aliphatic heterocycles. The van der Waals surface area contributed by atoms with Crippen molar-refractivity contribution in [3.05, 3.63) is 17.4 Å². The molecule has 2 rings (SSSR count). The Morgan fingerprint density at radius 2 is 2.17 bits per heavy atom. The highest BCUT2D eigenvalue weighted by molar-refractivity contribution is 7.15. The van der Waals surface area contributed by atoms with Crippen LogP contribution in [-0.4, -0.2) is 14.6 Å². The number of alkyl halides is 3. The summed E-state index contributed by atoms with van der Waals surface area (Å²) in [5.41, 5.74) is 0. The van der Waals surface area contributed by atoms with Gasteiger partial charge in [0.15, 0.2) is 0 Å². The lowest BCUT2D eigenvalue weighted by Crippen LogP contribution is -2.07. The Labute approximate surface area is 68.5 Å². The summed E-state index contributed by atoms with van der Waals surface area (Å²) in [5, 5.41) is 4.86. The summed E-state index contributed by atoms with van der Waals surface area (Å²) in [7, 11) is 0. The fraction of sp³-hybridized carbons (Fsp3) is 0.200. The number of aromatic nitrogens is 3. The van der Waals surface area contributed by atoms with Gasteiger partial charge in [0.05, 0.1) is 0 Å². The standard InChI is InChI=1S/C5H2F3N3S/c6-5(7,8)3-9-4-11(10-3)1-2-12-4/h1-2H. The molecule has 0 N–H and O–H groups in total. The topological polar surface area (TPSA) is 30.2 Å². The summed E-state index contributed by atoms with van der Waals surface area (Å²) in [4.78, 5) is 3.54. The molecule has 2 aromatic heterocycles. The van der Waals surface area contributed by atoms with Crippen molar-refractivity contribution in [3.63, 3.8) is 0 Å². The average Bonchev–Trinajstić information content (AvgIpc) is 2.37. The molecule has 0 amide bonds. The molecule has 64 valence electrons. The Kier molecular flexibility index (Phi) is 1.38. The van der Waals surface area contributed by atoms with Gasteiger partial charge in [-0.2, -0.15) is 18.2 Å². The van der Waals surface area contributed by atoms with E-state index in [9.17, 15) is 13.2 Å². The van der Waals surface area contributed by atoms with Crippen LogP contribution in [0.5, 0.6) is 0 Å². The third-order valence-electron chi connectivity index (χ3n) is 1.23. The Bertz CT molecular complexity index is 373. The van der Waals surface area contributed by atoms with Crippen LogP contribution in [-0.2, 0) is 6.18 Å². The zero-order chi connectivity index (χ0) is 8.77. The van der Waals surface area contributed by atoms with Crippen molar-refractivity contribution < 1.29 is 13.2 Å². The van der Waals surface area contributed by atoms with Crippen molar-refractivity contribution in [1.29, 1.82) is 0 Å². The third kappa shape index (κ3) is 1.06. The number of rotatable bonds is 0. The molecule has 0 aliphatic carbocycles. The molecule has 0 saturated carbocycles. The number of thiazole rings is 1. The molecule has 3 nitrogen and oxygen atoms in total. The summed E-state index contributed by atoms with van der Waals surface area (Å²) in [6.07, 6.45) is -3.02. The zero-order valence-corrected chi connectivity index (χ0v) is 6.35. The van der Waals surface area contributed by atoms with E-state index in [1.807, 2.05) is 0 Å². The highest BCUT2D eigenvalue weighted by Gasteiger charge is 2.36. The van der Waals surface area contributed by atoms with Gasteiger partial charge >= 0.3 is 6.18 Å². The minimum Gasteiger partial charge on any atom is -0.211 e. The summed E-state index contributed by atoms with van der Waals surface area (Å²) in [6, 6.07) is 0. The Morgan fingerprint density at radius 1 is 1.42 bits per heavy atom. The van der Waals surface area contributed by atoms with E-state index in [2.05, 4.69) is 10.1 Å². The van der Waals surface area contributed by atoms with E-state index < -0.39 is 12.0 Å². The number of hydrogen-bond acceptors (Lipinski definition) is 3. The van der Waals surface area contributed by atoms with Crippen LogP contribution in [0.15, 0.2) is 11.6 Å². The predicted octanol–water partition coefficient (Wildman–Crippen LogP) is 1.81. The first kappa shape index (κ1) is 7.53. The van der Waals surface area contributed by atoms with Crippen LogP contribution in [0.1, 0.15) is 5.82 Å². The van der Waals surface area contributed by atoms with E-state index in [1.165, 1.54) is 6.20 Å². The van der Waals surface area contributed by atoms with E-state index in [4.69, 9.17) is 0 Å². The van der Waals surface area contributed by atoms with Gasteiger partial charge in [0.2, 0.25) is 4.96 Å². The second kappa shape index (κ2) is 2.19. The van der Waals surface area contributed by atoms with E-state index in [1.54, 1.807) is 5.38 Å². The molecule has 0 unspecified atom stereocenters. The Morgan fingerprint density at radius 3 is 2.75 bits per heavy atom. The fourth-order valence-electron chi connectivity index (χ4n) is 0.755. The molecule has 0 atom stereocenters. The molecule has 0 aromatic carbocycles. The molecule has 0 bridgehead atoms. The second-order valence-electron chi connectivity index (χ2n) is 2.06. The Balaban J connectivity index is 2.59. The molecule has 0 fully saturated rings. The van der Waals surface area contributed by atoms with E-state index >= 15 is 0 Å². The van der Waals surface area contributed by atoms with Gasteiger partial charge in [0.25, 0.3) is 5.82 Å². The maximum atomic E-state index is 12.0. The summed E-state index contributed by atoms with van der Waals surface area (Å²) < 4.78 is 37.0. The number of halogens is 3. The summed E-state index contributed by atoms with van der Waals surface area (Å²) in [5.74, 6) is -1.09. The molecule has 0 radical (unpaired) electrons. The third-order valence-corrected chi connectivity index (χ3v) is 1.98. The van der Waals surface area contributed by atoms with Crippen molar-refractivity contribution in [1.82, 2.24) is 14.6 Å². The van der Waals surface area contributed by atoms with Gasteiger partial charge in [-0.3, -0.25) is 0 Å². The molecule has 7 heteroatoms. The zero-order valence-electron chi connectivity index (χ0n) is 5.54. The van der Waals surface area contributed by atoms with Gasteiger partial charge in [-0.05, 0) is 0 Å². The molecular weight excluding hydrogens is 191 g/mol. The first-order valence-corrected chi connectivity index (χ1v) is 3.82. The van der Waals surface area contributed by atoms with Gasteiger partial charge in [0, 0.05) is 11.6 Å². The van der Waals surface area contributed by atoms with Gasteiger partial charge in [-0.15, -0.1) is 16.4 Å². The minimum absolute atomic E-state index is 0.252. The van der Waals surface area contributed by atoms with Crippen LogP contribution in [0.25, 0.3) is 4.96 Å². The van der Waals surface area contributed by atoms with E-state index in [0.717, 1.165) is 15.9 Å². The molecule has 2 aromatic rings. The quantitative estimate of drug-likeness (QED) is 0.638. The van der Waals surface area contributed by atoms with Gasteiger partial charge in [-0.1, -0.05) is 0 Å². The lowest BCUT2D eigenvalue weighted by molar-refractivity contribution is -0.144. The summed E-state index contributed by atoms with van der Waals surface area (Å²) >= 11 is 1.11. The normalized spacial score (nSPS) is 12.6. The maximum Gasteiger partial charge on any atom is 0.453 e. The SMILES string of the molecule is FC(F)(F)c1nc2sccn2n1. The maximum absolute atomic E-state index is 12.0. The van der Waals surface area contributed by atoms with Crippen LogP contribution in [0, 0.1) is 0 Å². The van der Waals surface area contributed by atoms with E-state index in [0.29, 0.717) is 0 Å². The van der Waals surface area contributed by atoms with Crippen molar-refractivity contribution in [2.75, 3.05) is 0 Å². The fourth-order valence-corrected chi connectivity index (χ4v) is 1.40. The first-order chi connectivity index (χ1) is 5.57. The van der Waals surface area contributed by atoms with Crippen LogP contribution >= 0.6 is 11.3 Å². The monoisotopic (exact) mass is 193 g/mol. The molecule has 0 spiro atoms. The Hall–Kier alpha value is -1.11. The van der Waals surface area contributed by atoms with Crippen molar-refractivity contribution in [3.8, 4) is 0 Å². The largest absolute Gasteiger partial charge is 0.453 e. The predicted molar refractivity (Wildman–Crippen MR) is 35.9 cm³/mol. The number of hydrogen-bond donors (Lipinski definition) is 0. The smallest absolute Gasteiger partial charge is 0.211 e. The molecule has 2 heterocycles. The van der Waals surface area contributed by atoms with Crippen molar-refractivity contribution in [2.45, 2.75) is 6.18 Å². The van der Waals surface area contributed by atoms with Crippen LogP contribution < -0.4 is 0 Å². The minimum atomic E-state index is -4.45. The summed E-state index contributed by atoms with van der Waals surface area (Å²) in [6.45, 7) is 0. The molecule has 0 aliphatic rings. The molecule has 0 saturated heterocycles. The highest BCUT2D eigenvalue weighted by atomic mass is 32.1. The molecule has 12 heavy (non-hydrogen) atoms.